The third-order valence-electron chi connectivity index (χ3n) is 4.03. The number of carbonyl (C=O) groups is 4. The second-order valence-corrected chi connectivity index (χ2v) is 6.44. The van der Waals surface area contributed by atoms with Crippen LogP contribution >= 0.6 is 0 Å². The van der Waals surface area contributed by atoms with Crippen LogP contribution in [-0.2, 0) is 34.1 Å². The summed E-state index contributed by atoms with van der Waals surface area (Å²) in [6.07, 6.45) is 7.15. The third-order valence-corrected chi connectivity index (χ3v) is 4.03. The van der Waals surface area contributed by atoms with Crippen molar-refractivity contribution in [2.45, 2.75) is 0 Å². The largest absolute Gasteiger partial charge is 2.00 e. The Balaban J connectivity index is -0.000000236. The Labute approximate surface area is 252 Å². The van der Waals surface area contributed by atoms with Gasteiger partial charge < -0.3 is 56.0 Å². The molecule has 0 bridgehead atoms. The second kappa shape index (κ2) is 22.2. The van der Waals surface area contributed by atoms with Crippen LogP contribution in [0.3, 0.4) is 0 Å². The van der Waals surface area contributed by atoms with Gasteiger partial charge in [-0.15, -0.1) is 0 Å². The van der Waals surface area contributed by atoms with Gasteiger partial charge in [0.2, 0.25) is 0 Å². The van der Waals surface area contributed by atoms with Crippen LogP contribution in [0.2, 0.25) is 0 Å². The Bertz CT molecular complexity index is 1200. The fourth-order valence-corrected chi connectivity index (χ4v) is 2.41. The Morgan fingerprint density at radius 3 is 0.854 bits per heavy atom. The summed E-state index contributed by atoms with van der Waals surface area (Å²) < 4.78 is 0. The Morgan fingerprint density at radius 1 is 0.439 bits per heavy atom. The van der Waals surface area contributed by atoms with E-state index in [0.717, 1.165) is 24.3 Å². The van der Waals surface area contributed by atoms with E-state index in [-0.39, 0.29) is 50.6 Å². The van der Waals surface area contributed by atoms with Crippen molar-refractivity contribution in [3.8, 4) is 11.1 Å². The van der Waals surface area contributed by atoms with Crippen LogP contribution in [0.4, 0.5) is 0 Å². The van der Waals surface area contributed by atoms with Crippen molar-refractivity contribution in [1.29, 1.82) is 0 Å². The number of hydrogen-bond acceptors (Lipinski definition) is 12. The van der Waals surface area contributed by atoms with Crippen LogP contribution in [0, 0.1) is 0 Å². The number of nitrogens with zero attached hydrogens (tertiary/aromatic N) is 4. The zero-order valence-electron chi connectivity index (χ0n) is 20.2. The fourth-order valence-electron chi connectivity index (χ4n) is 2.41. The molecule has 4 rings (SSSR count). The molecule has 0 unspecified atom stereocenters. The summed E-state index contributed by atoms with van der Waals surface area (Å²) in [6.45, 7) is 0. The Kier molecular flexibility index (Phi) is 23.6. The minimum atomic E-state index is -1.52. The van der Waals surface area contributed by atoms with E-state index in [1.807, 2.05) is 24.3 Å². The second-order valence-electron chi connectivity index (χ2n) is 6.44. The molecule has 0 spiro atoms. The molecule has 0 aromatic carbocycles. The first-order chi connectivity index (χ1) is 17.2. The van der Waals surface area contributed by atoms with Crippen molar-refractivity contribution in [2.75, 3.05) is 0 Å². The minimum Gasteiger partial charge on any atom is -0.543 e. The molecule has 0 atom stereocenters. The van der Waals surface area contributed by atoms with Crippen molar-refractivity contribution < 1.29 is 90.2 Å². The summed E-state index contributed by atoms with van der Waals surface area (Å²) in [4.78, 5) is 55.2. The van der Waals surface area contributed by atoms with Crippen LogP contribution in [0.1, 0.15) is 42.0 Å². The van der Waals surface area contributed by atoms with Crippen molar-refractivity contribution in [3.63, 3.8) is 0 Å². The first-order valence-corrected chi connectivity index (χ1v) is 9.79. The monoisotopic (exact) mass is 666 g/mol. The number of aromatic carboxylic acids is 4. The molecule has 0 aliphatic rings. The van der Waals surface area contributed by atoms with E-state index in [0.29, 0.717) is 0 Å². The van der Waals surface area contributed by atoms with Gasteiger partial charge in [-0.3, -0.25) is 9.97 Å². The predicted octanol–water partition coefficient (Wildman–Crippen LogP) is -4.72. The summed E-state index contributed by atoms with van der Waals surface area (Å²) in [5, 5.41) is 40.8. The van der Waals surface area contributed by atoms with Gasteiger partial charge >= 0.3 is 34.1 Å². The average Bonchev–Trinajstić information content (AvgIpc) is 2.90. The first kappa shape index (κ1) is 43.5. The third kappa shape index (κ3) is 14.9. The summed E-state index contributed by atoms with van der Waals surface area (Å²) in [5.41, 5.74) is 0.668. The van der Waals surface area contributed by atoms with E-state index < -0.39 is 46.7 Å². The minimum absolute atomic E-state index is 0. The van der Waals surface area contributed by atoms with Crippen molar-refractivity contribution in [2.24, 2.45) is 0 Å². The molecule has 0 saturated carbocycles. The molecule has 0 aliphatic carbocycles. The van der Waals surface area contributed by atoms with Gasteiger partial charge in [-0.05, 0) is 59.7 Å². The molecular formula is C24H20Cu2N4O11. The fraction of sp³-hybridized carbons (Fsp3) is 0. The molecule has 4 aromatic heterocycles. The molecule has 41 heavy (non-hydrogen) atoms. The molecule has 224 valence electrons. The summed E-state index contributed by atoms with van der Waals surface area (Å²) in [7, 11) is 0. The molecule has 0 amide bonds. The van der Waals surface area contributed by atoms with Gasteiger partial charge in [0.1, 0.15) is 0 Å². The molecule has 17 heteroatoms. The molecule has 0 fully saturated rings. The summed E-state index contributed by atoms with van der Waals surface area (Å²) >= 11 is 0. The average molecular weight is 668 g/mol. The maximum Gasteiger partial charge on any atom is 2.00 e. The smallest absolute Gasteiger partial charge is 0.543 e. The maximum atomic E-state index is 10.2. The zero-order valence-corrected chi connectivity index (χ0v) is 22.1. The molecular weight excluding hydrogens is 647 g/mol. The van der Waals surface area contributed by atoms with Crippen LogP contribution < -0.4 is 20.4 Å². The van der Waals surface area contributed by atoms with Gasteiger partial charge in [0.15, 0.2) is 0 Å². The van der Waals surface area contributed by atoms with Gasteiger partial charge in [0.25, 0.3) is 0 Å². The number of carboxylic acids is 4. The topological polar surface area (TPSA) is 307 Å². The van der Waals surface area contributed by atoms with Crippen molar-refractivity contribution >= 4 is 23.9 Å². The van der Waals surface area contributed by atoms with Crippen LogP contribution in [0.5, 0.6) is 0 Å². The van der Waals surface area contributed by atoms with Crippen LogP contribution in [0.25, 0.3) is 11.1 Å². The molecule has 0 aliphatic heterocycles. The van der Waals surface area contributed by atoms with Crippen molar-refractivity contribution in [1.82, 2.24) is 19.9 Å². The van der Waals surface area contributed by atoms with Gasteiger partial charge in [-0.1, -0.05) is 12.1 Å². The van der Waals surface area contributed by atoms with Gasteiger partial charge in [0, 0.05) is 24.8 Å². The van der Waals surface area contributed by atoms with E-state index in [1.165, 1.54) is 23.3 Å². The Hall–Kier alpha value is -4.60. The molecule has 15 nitrogen and oxygen atoms in total. The van der Waals surface area contributed by atoms with E-state index in [4.69, 9.17) is 0 Å². The standard InChI is InChI=1S/C10H8N2.2C7H5NO4.2Cu.3H2O/c1-5-11-6-2-9(1)10-3-7-12-8-4-10;2*9-6(10)4-2-1-3-5(8-4)7(11)12;;;;;/h1-8H;2*1-3H,(H,9,10)(H,11,12);;;3*1H2/q;;;2*+2;;;/p-4. The predicted molar refractivity (Wildman–Crippen MR) is 124 cm³/mol. The van der Waals surface area contributed by atoms with Gasteiger partial charge in [0.05, 0.1) is 46.7 Å². The number of rotatable bonds is 5. The normalized spacial score (nSPS) is 8.29. The zero-order chi connectivity index (χ0) is 26.5. The van der Waals surface area contributed by atoms with Crippen LogP contribution in [-0.4, -0.2) is 60.2 Å². The Morgan fingerprint density at radius 2 is 0.659 bits per heavy atom. The van der Waals surface area contributed by atoms with Crippen LogP contribution in [0.15, 0.2) is 85.5 Å². The molecule has 6 N–H and O–H groups in total. The van der Waals surface area contributed by atoms with Gasteiger partial charge in [-0.25, -0.2) is 9.97 Å². The molecule has 2 radical (unpaired) electrons. The number of hydrogen-bond donors (Lipinski definition) is 0. The molecule has 4 aromatic rings. The maximum absolute atomic E-state index is 10.2. The molecule has 4 heterocycles. The van der Waals surface area contributed by atoms with E-state index in [9.17, 15) is 39.6 Å². The summed E-state index contributed by atoms with van der Waals surface area (Å²) in [5.74, 6) is -6.06. The first-order valence-electron chi connectivity index (χ1n) is 9.79. The van der Waals surface area contributed by atoms with E-state index in [1.54, 1.807) is 24.8 Å². The number of carbonyl (C=O) groups excluding carboxylic acids is 4. The summed E-state index contributed by atoms with van der Waals surface area (Å²) in [6, 6.07) is 15.0. The van der Waals surface area contributed by atoms with E-state index >= 15 is 0 Å². The number of carboxylic acid groups (broad SMARTS) is 4. The van der Waals surface area contributed by atoms with Gasteiger partial charge in [-0.2, -0.15) is 0 Å². The molecule has 0 saturated heterocycles. The quantitative estimate of drug-likeness (QED) is 0.181. The SMILES string of the molecule is O.O.O.O=C([O-])c1cccc(C(=O)[O-])n1.O=C([O-])c1cccc(C(=O)[O-])n1.[Cu+2].[Cu+2].c1cc(-c2ccncc2)ccn1. The van der Waals surface area contributed by atoms with Crippen molar-refractivity contribution in [3.05, 3.63) is 108 Å². The van der Waals surface area contributed by atoms with E-state index in [2.05, 4.69) is 19.9 Å². The number of aromatic nitrogens is 4. The number of pyridine rings is 4.